The number of nitrogens with zero attached hydrogens (tertiary/aromatic N) is 2. The van der Waals surface area contributed by atoms with E-state index in [0.717, 1.165) is 0 Å². The largest absolute Gasteiger partial charge is 0.450 e. The Balaban J connectivity index is 2.46. The second kappa shape index (κ2) is 1.78. The van der Waals surface area contributed by atoms with Crippen LogP contribution in [0.2, 0.25) is 0 Å². The standard InChI is InChI=1S/C3HF3N2O/c4-3(5,6)2-7-1-8-9-2/h2H. The van der Waals surface area contributed by atoms with Crippen LogP contribution in [0.5, 0.6) is 0 Å². The van der Waals surface area contributed by atoms with Gasteiger partial charge in [-0.05, 0) is 0 Å². The lowest BCUT2D eigenvalue weighted by Gasteiger charge is -2.09. The first-order chi connectivity index (χ1) is 4.11. The molecular weight excluding hydrogens is 137 g/mol. The Morgan fingerprint density at radius 1 is 1.44 bits per heavy atom. The molecule has 0 aromatic carbocycles. The molecule has 1 atom stereocenters. The molecule has 0 saturated carbocycles. The van der Waals surface area contributed by atoms with Gasteiger partial charge < -0.3 is 4.84 Å². The predicted molar refractivity (Wildman–Crippen MR) is 20.5 cm³/mol. The second-order valence-corrected chi connectivity index (χ2v) is 1.32. The zero-order valence-electron chi connectivity index (χ0n) is 4.01. The van der Waals surface area contributed by atoms with E-state index in [1.165, 1.54) is 0 Å². The van der Waals surface area contributed by atoms with Crippen LogP contribution in [0.25, 0.3) is 0 Å². The lowest BCUT2D eigenvalue weighted by molar-refractivity contribution is -0.219. The van der Waals surface area contributed by atoms with Gasteiger partial charge in [-0.25, -0.2) is 5.32 Å². The van der Waals surface area contributed by atoms with Crippen LogP contribution >= 0.6 is 0 Å². The Bertz CT molecular complexity index is 124. The molecule has 0 spiro atoms. The van der Waals surface area contributed by atoms with Crippen molar-refractivity contribution in [2.24, 2.45) is 5.16 Å². The Hall–Kier alpha value is -0.940. The van der Waals surface area contributed by atoms with E-state index < -0.39 is 12.4 Å². The first-order valence-corrected chi connectivity index (χ1v) is 1.98. The molecular formula is C3HF3N2O. The smallest absolute Gasteiger partial charge is 0.356 e. The highest BCUT2D eigenvalue weighted by atomic mass is 19.4. The van der Waals surface area contributed by atoms with Crippen LogP contribution in [0.1, 0.15) is 0 Å². The van der Waals surface area contributed by atoms with E-state index in [2.05, 4.69) is 15.3 Å². The van der Waals surface area contributed by atoms with E-state index in [4.69, 9.17) is 0 Å². The van der Waals surface area contributed by atoms with Crippen LogP contribution in [0.3, 0.4) is 0 Å². The van der Waals surface area contributed by atoms with Crippen LogP contribution in [0, 0.1) is 0 Å². The lowest BCUT2D eigenvalue weighted by Crippen LogP contribution is -2.34. The van der Waals surface area contributed by atoms with E-state index in [0.29, 0.717) is 0 Å². The molecule has 0 fully saturated rings. The molecule has 1 aliphatic heterocycles. The Kier molecular flexibility index (Phi) is 1.22. The van der Waals surface area contributed by atoms with Crippen molar-refractivity contribution in [3.05, 3.63) is 0 Å². The Morgan fingerprint density at radius 2 is 2.11 bits per heavy atom. The molecule has 1 unspecified atom stereocenters. The maximum absolute atomic E-state index is 11.4. The summed E-state index contributed by atoms with van der Waals surface area (Å²) in [4.78, 5) is 3.74. The van der Waals surface area contributed by atoms with Crippen molar-refractivity contribution in [3.63, 3.8) is 0 Å². The number of alkyl halides is 3. The summed E-state index contributed by atoms with van der Waals surface area (Å²) in [5.41, 5.74) is 0. The fourth-order valence-corrected chi connectivity index (χ4v) is 0.306. The van der Waals surface area contributed by atoms with Crippen LogP contribution in [0.15, 0.2) is 5.16 Å². The summed E-state index contributed by atoms with van der Waals surface area (Å²) < 4.78 is 34.3. The lowest BCUT2D eigenvalue weighted by atomic mass is 10.6. The normalized spacial score (nSPS) is 25.4. The molecule has 6 heteroatoms. The molecule has 50 valence electrons. The van der Waals surface area contributed by atoms with Gasteiger partial charge in [0.15, 0.2) is 0 Å². The topological polar surface area (TPSA) is 35.7 Å². The molecule has 0 aliphatic carbocycles. The molecule has 0 amide bonds. The molecule has 9 heavy (non-hydrogen) atoms. The predicted octanol–water partition coefficient (Wildman–Crippen LogP) is 0.330. The summed E-state index contributed by atoms with van der Waals surface area (Å²) in [6.45, 7) is 0. The molecule has 0 bridgehead atoms. The second-order valence-electron chi connectivity index (χ2n) is 1.32. The van der Waals surface area contributed by atoms with E-state index in [-0.39, 0.29) is 0 Å². The Labute approximate surface area is 48.5 Å². The summed E-state index contributed by atoms with van der Waals surface area (Å²) in [5.74, 6) is 0. The minimum atomic E-state index is -4.47. The van der Waals surface area contributed by atoms with Crippen molar-refractivity contribution >= 4 is 6.34 Å². The summed E-state index contributed by atoms with van der Waals surface area (Å²) >= 11 is 0. The fourth-order valence-electron chi connectivity index (χ4n) is 0.306. The third kappa shape index (κ3) is 1.24. The molecule has 3 nitrogen and oxygen atoms in total. The van der Waals surface area contributed by atoms with Crippen molar-refractivity contribution in [1.29, 1.82) is 0 Å². The van der Waals surface area contributed by atoms with Gasteiger partial charge in [0, 0.05) is 0 Å². The van der Waals surface area contributed by atoms with Crippen molar-refractivity contribution in [1.82, 2.24) is 5.32 Å². The first-order valence-electron chi connectivity index (χ1n) is 1.98. The van der Waals surface area contributed by atoms with Crippen molar-refractivity contribution in [2.75, 3.05) is 0 Å². The first kappa shape index (κ1) is 6.18. The van der Waals surface area contributed by atoms with Gasteiger partial charge in [0.05, 0.1) is 0 Å². The summed E-state index contributed by atoms with van der Waals surface area (Å²) in [7, 11) is 0. The summed E-state index contributed by atoms with van der Waals surface area (Å²) in [5, 5.41) is 5.44. The SMILES string of the molecule is FC(F)(F)C1[N][C]=NO1. The Morgan fingerprint density at radius 3 is 2.33 bits per heavy atom. The van der Waals surface area contributed by atoms with Gasteiger partial charge in [0.25, 0.3) is 0 Å². The quantitative estimate of drug-likeness (QED) is 0.475. The van der Waals surface area contributed by atoms with Crippen molar-refractivity contribution < 1.29 is 18.0 Å². The number of halogens is 3. The van der Waals surface area contributed by atoms with Crippen LogP contribution < -0.4 is 5.32 Å². The third-order valence-corrected chi connectivity index (χ3v) is 0.648. The molecule has 0 aromatic heterocycles. The number of rotatable bonds is 0. The highest BCUT2D eigenvalue weighted by Crippen LogP contribution is 2.22. The molecule has 2 radical (unpaired) electrons. The van der Waals surface area contributed by atoms with Gasteiger partial charge in [0.1, 0.15) is 0 Å². The minimum Gasteiger partial charge on any atom is -0.356 e. The van der Waals surface area contributed by atoms with Crippen LogP contribution in [-0.4, -0.2) is 18.7 Å². The van der Waals surface area contributed by atoms with Gasteiger partial charge in [-0.15, -0.1) is 0 Å². The van der Waals surface area contributed by atoms with Gasteiger partial charge in [-0.2, -0.15) is 13.2 Å². The number of hydrogen-bond acceptors (Lipinski definition) is 2. The van der Waals surface area contributed by atoms with Gasteiger partial charge in [-0.3, -0.25) is 0 Å². The van der Waals surface area contributed by atoms with E-state index in [9.17, 15) is 13.2 Å². The van der Waals surface area contributed by atoms with Crippen molar-refractivity contribution in [2.45, 2.75) is 12.4 Å². The van der Waals surface area contributed by atoms with Crippen LogP contribution in [-0.2, 0) is 4.84 Å². The summed E-state index contributed by atoms with van der Waals surface area (Å²) in [6.07, 6.45) is -4.92. The van der Waals surface area contributed by atoms with Gasteiger partial charge >= 0.3 is 12.4 Å². The summed E-state index contributed by atoms with van der Waals surface area (Å²) in [6, 6.07) is 0. The molecule has 0 aromatic rings. The zero-order chi connectivity index (χ0) is 6.91. The van der Waals surface area contributed by atoms with Gasteiger partial charge in [0.2, 0.25) is 6.34 Å². The zero-order valence-corrected chi connectivity index (χ0v) is 4.01. The monoisotopic (exact) mass is 138 g/mol. The molecule has 1 rings (SSSR count). The maximum Gasteiger partial charge on any atom is 0.450 e. The average molecular weight is 138 g/mol. The van der Waals surface area contributed by atoms with Gasteiger partial charge in [-0.1, -0.05) is 5.16 Å². The van der Waals surface area contributed by atoms with Crippen molar-refractivity contribution in [3.8, 4) is 0 Å². The van der Waals surface area contributed by atoms with E-state index in [1.807, 2.05) is 0 Å². The number of hydrogen-bond donors (Lipinski definition) is 0. The highest BCUT2D eigenvalue weighted by molar-refractivity contribution is 5.54. The van der Waals surface area contributed by atoms with Crippen LogP contribution in [0.4, 0.5) is 13.2 Å². The minimum absolute atomic E-state index is 1.69. The molecule has 0 saturated heterocycles. The molecule has 0 N–H and O–H groups in total. The average Bonchev–Trinajstić information content (AvgIpc) is 2.08. The fraction of sp³-hybridized carbons (Fsp3) is 0.667. The molecule has 1 aliphatic rings. The maximum atomic E-state index is 11.4. The third-order valence-electron chi connectivity index (χ3n) is 0.648. The van der Waals surface area contributed by atoms with E-state index >= 15 is 0 Å². The highest BCUT2D eigenvalue weighted by Gasteiger charge is 2.45. The van der Waals surface area contributed by atoms with E-state index in [1.54, 1.807) is 6.34 Å². The molecule has 1 heterocycles.